The topological polar surface area (TPSA) is 103 Å². The zero-order valence-corrected chi connectivity index (χ0v) is 22.9. The van der Waals surface area contributed by atoms with E-state index in [4.69, 9.17) is 15.2 Å². The summed E-state index contributed by atoms with van der Waals surface area (Å²) >= 11 is 0. The summed E-state index contributed by atoms with van der Waals surface area (Å²) in [5.74, 6) is 0.253. The van der Waals surface area contributed by atoms with Gasteiger partial charge in [0.15, 0.2) is 0 Å². The lowest BCUT2D eigenvalue weighted by atomic mass is 9.98. The highest BCUT2D eigenvalue weighted by Crippen LogP contribution is 2.44. The highest BCUT2D eigenvalue weighted by atomic mass is 16.5. The van der Waals surface area contributed by atoms with Crippen molar-refractivity contribution in [1.29, 1.82) is 0 Å². The third-order valence-electron chi connectivity index (χ3n) is 7.25. The summed E-state index contributed by atoms with van der Waals surface area (Å²) in [6.45, 7) is 1.11. The zero-order chi connectivity index (χ0) is 28.4. The Labute approximate surface area is 240 Å². The van der Waals surface area contributed by atoms with Crippen molar-refractivity contribution in [1.82, 2.24) is 5.32 Å². The van der Waals surface area contributed by atoms with E-state index in [-0.39, 0.29) is 18.4 Å². The molecule has 0 bridgehead atoms. The fraction of sp³-hybridized carbons (Fsp3) is 0.235. The SMILES string of the molecule is NCCCC[C@H](NC(=O)OCC1c2ccccc2-c2ccccc21)C(=O)Nc1cccc(OCc2ccccc2)c1. The highest BCUT2D eigenvalue weighted by molar-refractivity contribution is 5.96. The summed E-state index contributed by atoms with van der Waals surface area (Å²) < 4.78 is 11.6. The van der Waals surface area contributed by atoms with Gasteiger partial charge in [-0.15, -0.1) is 0 Å². The molecule has 7 nitrogen and oxygen atoms in total. The average molecular weight is 550 g/mol. The van der Waals surface area contributed by atoms with Crippen molar-refractivity contribution in [3.8, 4) is 16.9 Å². The molecule has 4 aromatic rings. The van der Waals surface area contributed by atoms with Gasteiger partial charge in [0, 0.05) is 17.7 Å². The maximum absolute atomic E-state index is 13.3. The quantitative estimate of drug-likeness (QED) is 0.182. The van der Waals surface area contributed by atoms with Crippen molar-refractivity contribution < 1.29 is 19.1 Å². The molecule has 0 saturated heterocycles. The Morgan fingerprint density at radius 2 is 1.49 bits per heavy atom. The number of nitrogens with one attached hydrogen (secondary N) is 2. The Morgan fingerprint density at radius 1 is 0.805 bits per heavy atom. The molecule has 0 radical (unpaired) electrons. The smallest absolute Gasteiger partial charge is 0.407 e. The van der Waals surface area contributed by atoms with E-state index in [1.165, 1.54) is 0 Å². The number of rotatable bonds is 12. The number of ether oxygens (including phenoxy) is 2. The third kappa shape index (κ3) is 7.13. The van der Waals surface area contributed by atoms with Crippen molar-refractivity contribution >= 4 is 17.7 Å². The van der Waals surface area contributed by atoms with Crippen molar-refractivity contribution in [3.63, 3.8) is 0 Å². The average Bonchev–Trinajstić information content (AvgIpc) is 3.33. The standard InChI is InChI=1S/C34H35N3O4/c35-20-9-8-19-32(33(38)36-25-13-10-14-26(21-25)40-22-24-11-2-1-3-12-24)37-34(39)41-23-31-29-17-6-4-15-27(29)28-16-5-7-18-30(28)31/h1-7,10-18,21,31-32H,8-9,19-20,22-23,35H2,(H,36,38)(H,37,39)/t32-/m0/s1. The number of unbranched alkanes of at least 4 members (excludes halogenated alkanes) is 1. The van der Waals surface area contributed by atoms with E-state index in [0.29, 0.717) is 37.4 Å². The first-order chi connectivity index (χ1) is 20.1. The van der Waals surface area contributed by atoms with Crippen LogP contribution in [0.1, 0.15) is 41.9 Å². The molecule has 7 heteroatoms. The Balaban J connectivity index is 1.20. The molecule has 1 aliphatic carbocycles. The third-order valence-corrected chi connectivity index (χ3v) is 7.25. The number of nitrogens with two attached hydrogens (primary N) is 1. The predicted molar refractivity (Wildman–Crippen MR) is 161 cm³/mol. The first-order valence-electron chi connectivity index (χ1n) is 14.0. The second-order valence-electron chi connectivity index (χ2n) is 10.1. The van der Waals surface area contributed by atoms with Gasteiger partial charge in [0.1, 0.15) is 25.0 Å². The van der Waals surface area contributed by atoms with Gasteiger partial charge in [0.2, 0.25) is 5.91 Å². The number of carbonyl (C=O) groups is 2. The van der Waals surface area contributed by atoms with E-state index in [1.54, 1.807) is 12.1 Å². The monoisotopic (exact) mass is 549 g/mol. The molecule has 0 aliphatic heterocycles. The first kappa shape index (κ1) is 27.9. The van der Waals surface area contributed by atoms with Gasteiger partial charge in [0.05, 0.1) is 0 Å². The van der Waals surface area contributed by atoms with E-state index in [0.717, 1.165) is 34.2 Å². The summed E-state index contributed by atoms with van der Waals surface area (Å²) in [5.41, 5.74) is 11.9. The molecule has 5 rings (SSSR count). The lowest BCUT2D eigenvalue weighted by molar-refractivity contribution is -0.118. The molecule has 210 valence electrons. The van der Waals surface area contributed by atoms with Crippen molar-refractivity contribution in [2.75, 3.05) is 18.5 Å². The molecule has 4 aromatic carbocycles. The fourth-order valence-electron chi connectivity index (χ4n) is 5.18. The predicted octanol–water partition coefficient (Wildman–Crippen LogP) is 6.24. The summed E-state index contributed by atoms with van der Waals surface area (Å²) in [6.07, 6.45) is 1.26. The van der Waals surface area contributed by atoms with E-state index in [2.05, 4.69) is 34.9 Å². The number of benzene rings is 4. The minimum absolute atomic E-state index is 0.0590. The van der Waals surface area contributed by atoms with Crippen LogP contribution in [-0.2, 0) is 16.1 Å². The van der Waals surface area contributed by atoms with Crippen LogP contribution in [0.2, 0.25) is 0 Å². The van der Waals surface area contributed by atoms with Gasteiger partial charge in [0.25, 0.3) is 0 Å². The Hall–Kier alpha value is -4.62. The van der Waals surface area contributed by atoms with Crippen molar-refractivity contribution in [2.45, 2.75) is 37.8 Å². The molecule has 1 atom stereocenters. The largest absolute Gasteiger partial charge is 0.489 e. The summed E-state index contributed by atoms with van der Waals surface area (Å²) in [4.78, 5) is 26.2. The molecule has 0 unspecified atom stereocenters. The molecule has 41 heavy (non-hydrogen) atoms. The number of anilines is 1. The Morgan fingerprint density at radius 3 is 2.20 bits per heavy atom. The van der Waals surface area contributed by atoms with Crippen LogP contribution in [0.15, 0.2) is 103 Å². The molecule has 2 amide bonds. The molecule has 0 saturated carbocycles. The van der Waals surface area contributed by atoms with E-state index in [9.17, 15) is 9.59 Å². The van der Waals surface area contributed by atoms with E-state index >= 15 is 0 Å². The maximum Gasteiger partial charge on any atom is 0.407 e. The van der Waals surface area contributed by atoms with Gasteiger partial charge in [-0.3, -0.25) is 4.79 Å². The van der Waals surface area contributed by atoms with Gasteiger partial charge in [-0.05, 0) is 65.8 Å². The molecule has 0 heterocycles. The molecule has 1 aliphatic rings. The molecular formula is C34H35N3O4. The molecule has 0 aromatic heterocycles. The molecular weight excluding hydrogens is 514 g/mol. The van der Waals surface area contributed by atoms with Gasteiger partial charge in [-0.1, -0.05) is 84.9 Å². The van der Waals surface area contributed by atoms with Crippen LogP contribution in [0, 0.1) is 0 Å². The minimum atomic E-state index is -0.772. The molecule has 0 fully saturated rings. The fourth-order valence-corrected chi connectivity index (χ4v) is 5.18. The minimum Gasteiger partial charge on any atom is -0.489 e. The maximum atomic E-state index is 13.3. The van der Waals surface area contributed by atoms with Crippen LogP contribution in [-0.4, -0.2) is 31.2 Å². The number of hydrogen-bond donors (Lipinski definition) is 3. The van der Waals surface area contributed by atoms with Crippen LogP contribution in [0.5, 0.6) is 5.75 Å². The zero-order valence-electron chi connectivity index (χ0n) is 22.9. The summed E-state index contributed by atoms with van der Waals surface area (Å²) in [5, 5.41) is 5.70. The summed E-state index contributed by atoms with van der Waals surface area (Å²) in [6, 6.07) is 32.7. The highest BCUT2D eigenvalue weighted by Gasteiger charge is 2.29. The lowest BCUT2D eigenvalue weighted by Gasteiger charge is -2.20. The number of alkyl carbamates (subject to hydrolysis) is 1. The van der Waals surface area contributed by atoms with E-state index < -0.39 is 12.1 Å². The Kier molecular flexibility index (Phi) is 9.29. The number of carbonyl (C=O) groups excluding carboxylic acids is 2. The van der Waals surface area contributed by atoms with Crippen LogP contribution in [0.3, 0.4) is 0 Å². The molecule has 4 N–H and O–H groups in total. The van der Waals surface area contributed by atoms with Crippen LogP contribution < -0.4 is 21.1 Å². The first-order valence-corrected chi connectivity index (χ1v) is 14.0. The van der Waals surface area contributed by atoms with Crippen molar-refractivity contribution in [2.24, 2.45) is 5.73 Å². The van der Waals surface area contributed by atoms with E-state index in [1.807, 2.05) is 66.7 Å². The van der Waals surface area contributed by atoms with Crippen molar-refractivity contribution in [3.05, 3.63) is 120 Å². The Bertz CT molecular complexity index is 1430. The van der Waals surface area contributed by atoms with Gasteiger partial charge in [-0.2, -0.15) is 0 Å². The van der Waals surface area contributed by atoms with Crippen LogP contribution >= 0.6 is 0 Å². The molecule has 0 spiro atoms. The normalized spacial score (nSPS) is 12.6. The van der Waals surface area contributed by atoms with Crippen LogP contribution in [0.4, 0.5) is 10.5 Å². The van der Waals surface area contributed by atoms with Crippen LogP contribution in [0.25, 0.3) is 11.1 Å². The lowest BCUT2D eigenvalue weighted by Crippen LogP contribution is -2.44. The number of hydrogen-bond acceptors (Lipinski definition) is 5. The second-order valence-corrected chi connectivity index (χ2v) is 10.1. The number of amides is 2. The number of fused-ring (bicyclic) bond motifs is 3. The van der Waals surface area contributed by atoms with Gasteiger partial charge in [-0.25, -0.2) is 4.79 Å². The van der Waals surface area contributed by atoms with Gasteiger partial charge < -0.3 is 25.8 Å². The van der Waals surface area contributed by atoms with Gasteiger partial charge >= 0.3 is 6.09 Å². The second kappa shape index (κ2) is 13.6. The summed E-state index contributed by atoms with van der Waals surface area (Å²) in [7, 11) is 0.